The van der Waals surface area contributed by atoms with E-state index in [2.05, 4.69) is 34.7 Å². The van der Waals surface area contributed by atoms with Gasteiger partial charge in [-0.1, -0.05) is 38.1 Å². The first kappa shape index (κ1) is 16.1. The summed E-state index contributed by atoms with van der Waals surface area (Å²) in [5.74, 6) is 0.453. The summed E-state index contributed by atoms with van der Waals surface area (Å²) in [6, 6.07) is 10.1. The quantitative estimate of drug-likeness (QED) is 0.801. The van der Waals surface area contributed by atoms with Crippen LogP contribution in [0.1, 0.15) is 25.8 Å². The van der Waals surface area contributed by atoms with Crippen molar-refractivity contribution in [2.75, 3.05) is 6.61 Å². The number of carbonyl (C=O) groups is 1. The third kappa shape index (κ3) is 2.91. The van der Waals surface area contributed by atoms with E-state index < -0.39 is 0 Å². The van der Waals surface area contributed by atoms with Crippen molar-refractivity contribution < 1.29 is 9.53 Å². The van der Waals surface area contributed by atoms with Crippen molar-refractivity contribution >= 4 is 6.03 Å². The second-order valence-electron chi connectivity index (χ2n) is 7.54. The van der Waals surface area contributed by atoms with Crippen LogP contribution >= 0.6 is 0 Å². The van der Waals surface area contributed by atoms with E-state index in [-0.39, 0.29) is 23.6 Å². The third-order valence-electron chi connectivity index (χ3n) is 5.61. The Morgan fingerprint density at radius 2 is 2.12 bits per heavy atom. The zero-order chi connectivity index (χ0) is 17.4. The molecule has 4 rings (SSSR count). The fourth-order valence-corrected chi connectivity index (χ4v) is 4.21. The third-order valence-corrected chi connectivity index (χ3v) is 5.61. The summed E-state index contributed by atoms with van der Waals surface area (Å²) in [4.78, 5) is 12.3. The SMILES string of the molecule is CC1(C)[C@H](NC(=O)NCc2ccc(-c3ccn[nH]3)cc2)[C@H]2CCO[C@@H]21. The van der Waals surface area contributed by atoms with Gasteiger partial charge in [-0.3, -0.25) is 5.10 Å². The van der Waals surface area contributed by atoms with Crippen molar-refractivity contribution in [1.82, 2.24) is 20.8 Å². The van der Waals surface area contributed by atoms with Gasteiger partial charge in [0.15, 0.2) is 0 Å². The molecule has 2 aliphatic rings. The molecule has 0 radical (unpaired) electrons. The molecule has 132 valence electrons. The van der Waals surface area contributed by atoms with Gasteiger partial charge in [0.05, 0.1) is 11.8 Å². The first-order valence-electron chi connectivity index (χ1n) is 8.80. The van der Waals surface area contributed by atoms with Crippen LogP contribution in [0.5, 0.6) is 0 Å². The number of rotatable bonds is 4. The number of H-pyrrole nitrogens is 1. The van der Waals surface area contributed by atoms with Crippen LogP contribution in [0.3, 0.4) is 0 Å². The molecule has 2 fully saturated rings. The minimum absolute atomic E-state index is 0.00420. The van der Waals surface area contributed by atoms with Crippen molar-refractivity contribution in [3.05, 3.63) is 42.1 Å². The van der Waals surface area contributed by atoms with E-state index in [1.807, 2.05) is 30.3 Å². The molecule has 0 spiro atoms. The van der Waals surface area contributed by atoms with Gasteiger partial charge in [0.25, 0.3) is 0 Å². The average Bonchev–Trinajstić information content (AvgIpc) is 3.29. The Balaban J connectivity index is 1.30. The molecule has 2 heterocycles. The maximum Gasteiger partial charge on any atom is 0.315 e. The lowest BCUT2D eigenvalue weighted by molar-refractivity contribution is -0.108. The number of nitrogens with one attached hydrogen (secondary N) is 3. The molecule has 2 amide bonds. The first-order valence-corrected chi connectivity index (χ1v) is 8.80. The van der Waals surface area contributed by atoms with E-state index in [0.717, 1.165) is 29.8 Å². The summed E-state index contributed by atoms with van der Waals surface area (Å²) >= 11 is 0. The molecule has 1 aromatic carbocycles. The average molecular weight is 340 g/mol. The highest BCUT2D eigenvalue weighted by molar-refractivity contribution is 5.74. The number of aromatic nitrogens is 2. The minimum Gasteiger partial charge on any atom is -0.377 e. The maximum absolute atomic E-state index is 12.3. The Morgan fingerprint density at radius 3 is 2.84 bits per heavy atom. The fraction of sp³-hybridized carbons (Fsp3) is 0.474. The standard InChI is InChI=1S/C19H24N4O2/c1-19(2)16(14-8-10-25-17(14)19)22-18(24)20-11-12-3-5-13(6-4-12)15-7-9-21-23-15/h3-7,9,14,16-17H,8,10-11H2,1-2H3,(H,21,23)(H2,20,22,24)/t14-,16-,17+/m1/s1. The van der Waals surface area contributed by atoms with Gasteiger partial charge in [0.1, 0.15) is 0 Å². The van der Waals surface area contributed by atoms with E-state index in [9.17, 15) is 4.79 Å². The van der Waals surface area contributed by atoms with Crippen LogP contribution in [-0.2, 0) is 11.3 Å². The molecule has 6 nitrogen and oxygen atoms in total. The van der Waals surface area contributed by atoms with Crippen LogP contribution in [0, 0.1) is 11.3 Å². The number of ether oxygens (including phenoxy) is 1. The molecule has 1 aromatic heterocycles. The number of amides is 2. The van der Waals surface area contributed by atoms with Gasteiger partial charge in [-0.2, -0.15) is 5.10 Å². The first-order chi connectivity index (χ1) is 12.1. The van der Waals surface area contributed by atoms with E-state index in [0.29, 0.717) is 12.5 Å². The summed E-state index contributed by atoms with van der Waals surface area (Å²) in [6.45, 7) is 5.64. The second-order valence-corrected chi connectivity index (χ2v) is 7.54. The number of nitrogens with zero attached hydrogens (tertiary/aromatic N) is 1. The van der Waals surface area contributed by atoms with Gasteiger partial charge in [0, 0.05) is 36.7 Å². The van der Waals surface area contributed by atoms with E-state index in [4.69, 9.17) is 4.74 Å². The number of aromatic amines is 1. The van der Waals surface area contributed by atoms with Gasteiger partial charge in [0.2, 0.25) is 0 Å². The molecular formula is C19H24N4O2. The molecular weight excluding hydrogens is 316 g/mol. The van der Waals surface area contributed by atoms with Gasteiger partial charge in [-0.25, -0.2) is 4.79 Å². The van der Waals surface area contributed by atoms with Crippen LogP contribution in [-0.4, -0.2) is 35.0 Å². The van der Waals surface area contributed by atoms with Gasteiger partial charge >= 0.3 is 6.03 Å². The molecule has 1 aliphatic heterocycles. The van der Waals surface area contributed by atoms with Crippen molar-refractivity contribution in [1.29, 1.82) is 0 Å². The van der Waals surface area contributed by atoms with Crippen LogP contribution in [0.4, 0.5) is 4.79 Å². The molecule has 1 aliphatic carbocycles. The van der Waals surface area contributed by atoms with Crippen molar-refractivity contribution in [2.24, 2.45) is 11.3 Å². The molecule has 2 aromatic rings. The van der Waals surface area contributed by atoms with E-state index in [1.54, 1.807) is 6.20 Å². The highest BCUT2D eigenvalue weighted by Crippen LogP contribution is 2.52. The highest BCUT2D eigenvalue weighted by atomic mass is 16.5. The highest BCUT2D eigenvalue weighted by Gasteiger charge is 2.59. The van der Waals surface area contributed by atoms with Gasteiger partial charge < -0.3 is 15.4 Å². The minimum atomic E-state index is -0.110. The fourth-order valence-electron chi connectivity index (χ4n) is 4.21. The van der Waals surface area contributed by atoms with Crippen molar-refractivity contribution in [3.8, 4) is 11.3 Å². The smallest absolute Gasteiger partial charge is 0.315 e. The van der Waals surface area contributed by atoms with Gasteiger partial charge in [-0.05, 0) is 23.6 Å². The Labute approximate surface area is 147 Å². The van der Waals surface area contributed by atoms with Crippen LogP contribution < -0.4 is 10.6 Å². The van der Waals surface area contributed by atoms with Crippen LogP contribution in [0.2, 0.25) is 0 Å². The Morgan fingerprint density at radius 1 is 1.32 bits per heavy atom. The predicted octanol–water partition coefficient (Wildman–Crippen LogP) is 2.69. The molecule has 0 bridgehead atoms. The van der Waals surface area contributed by atoms with Crippen molar-refractivity contribution in [3.63, 3.8) is 0 Å². The number of hydrogen-bond donors (Lipinski definition) is 3. The molecule has 25 heavy (non-hydrogen) atoms. The normalized spacial score (nSPS) is 26.6. The molecule has 1 saturated carbocycles. The maximum atomic E-state index is 12.3. The predicted molar refractivity (Wildman–Crippen MR) is 94.8 cm³/mol. The number of hydrogen-bond acceptors (Lipinski definition) is 3. The molecule has 1 saturated heterocycles. The monoisotopic (exact) mass is 340 g/mol. The van der Waals surface area contributed by atoms with Gasteiger partial charge in [-0.15, -0.1) is 0 Å². The largest absolute Gasteiger partial charge is 0.377 e. The van der Waals surface area contributed by atoms with E-state index >= 15 is 0 Å². The number of fused-ring (bicyclic) bond motifs is 1. The lowest BCUT2D eigenvalue weighted by atomic mass is 9.57. The molecule has 3 atom stereocenters. The van der Waals surface area contributed by atoms with Crippen LogP contribution in [0.25, 0.3) is 11.3 Å². The zero-order valence-electron chi connectivity index (χ0n) is 14.6. The van der Waals surface area contributed by atoms with Crippen molar-refractivity contribution in [2.45, 2.75) is 39.0 Å². The summed E-state index contributed by atoms with van der Waals surface area (Å²) in [5.41, 5.74) is 3.13. The number of benzene rings is 1. The summed E-state index contributed by atoms with van der Waals surface area (Å²) in [6.07, 6.45) is 3.05. The summed E-state index contributed by atoms with van der Waals surface area (Å²) in [7, 11) is 0. The Kier molecular flexibility index (Phi) is 4.00. The van der Waals surface area contributed by atoms with E-state index in [1.165, 1.54) is 0 Å². The number of carbonyl (C=O) groups excluding carboxylic acids is 1. The molecule has 0 unspecified atom stereocenters. The summed E-state index contributed by atoms with van der Waals surface area (Å²) in [5, 5.41) is 13.0. The zero-order valence-corrected chi connectivity index (χ0v) is 14.6. The Hall–Kier alpha value is -2.34. The number of urea groups is 1. The molecule has 3 N–H and O–H groups in total. The molecule has 6 heteroatoms. The Bertz CT molecular complexity index is 739. The lowest BCUT2D eigenvalue weighted by Gasteiger charge is -2.54. The van der Waals surface area contributed by atoms with Crippen LogP contribution in [0.15, 0.2) is 36.5 Å². The summed E-state index contributed by atoms with van der Waals surface area (Å²) < 4.78 is 5.77. The topological polar surface area (TPSA) is 79.0 Å². The lowest BCUT2D eigenvalue weighted by Crippen LogP contribution is -2.67. The second kappa shape index (κ2) is 6.19.